The number of rotatable bonds is 8. The van der Waals surface area contributed by atoms with Crippen LogP contribution in [0.3, 0.4) is 0 Å². The molecule has 0 aliphatic heterocycles. The van der Waals surface area contributed by atoms with Gasteiger partial charge in [-0.15, -0.1) is 0 Å². The Morgan fingerprint density at radius 1 is 1.06 bits per heavy atom. The van der Waals surface area contributed by atoms with Crippen LogP contribution in [-0.2, 0) is 7.05 Å². The zero-order valence-electron chi connectivity index (χ0n) is 19.0. The molecule has 0 fully saturated rings. The Kier molecular flexibility index (Phi) is 7.79. The van der Waals surface area contributed by atoms with E-state index in [4.69, 9.17) is 5.11 Å². The Hall–Kier alpha value is -3.71. The third-order valence-corrected chi connectivity index (χ3v) is 5.73. The number of amides is 1. The smallest absolute Gasteiger partial charge is 0.251 e. The van der Waals surface area contributed by atoms with Gasteiger partial charge in [-0.2, -0.15) is 0 Å². The summed E-state index contributed by atoms with van der Waals surface area (Å²) < 4.78 is 1.45. The number of hydrogen-bond acceptors (Lipinski definition) is 5. The molecular formula is C26H29N3O4. The fourth-order valence-corrected chi connectivity index (χ4v) is 3.78. The lowest BCUT2D eigenvalue weighted by molar-refractivity contribution is 0.0922. The van der Waals surface area contributed by atoms with Crippen molar-refractivity contribution >= 4 is 11.6 Å². The zero-order valence-corrected chi connectivity index (χ0v) is 19.0. The van der Waals surface area contributed by atoms with Gasteiger partial charge in [0.1, 0.15) is 0 Å². The molecule has 33 heavy (non-hydrogen) atoms. The van der Waals surface area contributed by atoms with Gasteiger partial charge in [0.25, 0.3) is 5.91 Å². The fraction of sp³-hybridized carbons (Fsp3) is 0.269. The van der Waals surface area contributed by atoms with E-state index in [9.17, 15) is 14.8 Å². The number of aromatic nitrogens is 1. The molecule has 3 rings (SSSR count). The third-order valence-electron chi connectivity index (χ3n) is 5.73. The summed E-state index contributed by atoms with van der Waals surface area (Å²) in [7, 11) is 1.65. The molecule has 1 aromatic heterocycles. The van der Waals surface area contributed by atoms with Crippen LogP contribution >= 0.6 is 0 Å². The number of hydrogen-bond donors (Lipinski definition) is 3. The first-order valence-corrected chi connectivity index (χ1v) is 10.8. The van der Waals surface area contributed by atoms with Crippen molar-refractivity contribution in [3.05, 3.63) is 105 Å². The zero-order chi connectivity index (χ0) is 24.0. The molecule has 0 spiro atoms. The second-order valence-electron chi connectivity index (χ2n) is 8.21. The molecule has 2 atom stereocenters. The Bertz CT molecular complexity index is 1200. The molecule has 7 heteroatoms. The SMILES string of the molecule is Cc1ccccc1C(C/C(=N/O)c1ccc(=O)n(C)c1)c1ccc(C(=O)N[C@H](C)CO)cc1. The number of oxime groups is 1. The number of nitrogens with one attached hydrogen (secondary N) is 1. The van der Waals surface area contributed by atoms with E-state index >= 15 is 0 Å². The maximum Gasteiger partial charge on any atom is 0.251 e. The van der Waals surface area contributed by atoms with Gasteiger partial charge < -0.3 is 20.2 Å². The molecule has 0 bridgehead atoms. The third kappa shape index (κ3) is 5.75. The van der Waals surface area contributed by atoms with Crippen LogP contribution in [0, 0.1) is 6.92 Å². The standard InChI is InChI=1S/C26H29N3O4/c1-17-6-4-5-7-22(17)23(14-24(28-33)21-12-13-25(31)29(3)15-21)19-8-10-20(11-9-19)26(32)27-18(2)16-30/h4-13,15,18,23,30,33H,14,16H2,1-3H3,(H,27,32)/b28-24-/t18-,23?/m1/s1. The summed E-state index contributed by atoms with van der Waals surface area (Å²) in [5.74, 6) is -0.388. The van der Waals surface area contributed by atoms with Gasteiger partial charge >= 0.3 is 0 Å². The first kappa shape index (κ1) is 23.9. The molecule has 1 heterocycles. The van der Waals surface area contributed by atoms with Crippen LogP contribution in [0.4, 0.5) is 0 Å². The Labute approximate surface area is 193 Å². The second kappa shape index (κ2) is 10.7. The van der Waals surface area contributed by atoms with Gasteiger partial charge in [-0.1, -0.05) is 41.6 Å². The normalized spacial score (nSPS) is 13.4. The van der Waals surface area contributed by atoms with E-state index in [1.807, 2.05) is 43.3 Å². The van der Waals surface area contributed by atoms with E-state index in [0.29, 0.717) is 23.3 Å². The summed E-state index contributed by atoms with van der Waals surface area (Å²) >= 11 is 0. The molecule has 1 unspecified atom stereocenters. The van der Waals surface area contributed by atoms with E-state index in [2.05, 4.69) is 10.5 Å². The van der Waals surface area contributed by atoms with Gasteiger partial charge in [-0.25, -0.2) is 0 Å². The highest BCUT2D eigenvalue weighted by atomic mass is 16.4. The maximum absolute atomic E-state index is 12.4. The summed E-state index contributed by atoms with van der Waals surface area (Å²) in [5.41, 5.74) is 4.60. The van der Waals surface area contributed by atoms with Crippen molar-refractivity contribution in [1.82, 2.24) is 9.88 Å². The van der Waals surface area contributed by atoms with Gasteiger partial charge in [-0.3, -0.25) is 9.59 Å². The predicted molar refractivity (Wildman–Crippen MR) is 128 cm³/mol. The van der Waals surface area contributed by atoms with Crippen molar-refractivity contribution in [2.75, 3.05) is 6.61 Å². The highest BCUT2D eigenvalue weighted by molar-refractivity contribution is 6.00. The van der Waals surface area contributed by atoms with Crippen molar-refractivity contribution in [3.8, 4) is 0 Å². The van der Waals surface area contributed by atoms with Crippen LogP contribution in [0.15, 0.2) is 76.8 Å². The number of carbonyl (C=O) groups is 1. The number of pyridine rings is 1. The highest BCUT2D eigenvalue weighted by Crippen LogP contribution is 2.32. The van der Waals surface area contributed by atoms with Crippen LogP contribution in [0.1, 0.15) is 51.9 Å². The molecule has 0 aliphatic carbocycles. The molecule has 2 aromatic carbocycles. The highest BCUT2D eigenvalue weighted by Gasteiger charge is 2.21. The molecule has 0 radical (unpaired) electrons. The number of benzene rings is 2. The number of carbonyl (C=O) groups excluding carboxylic acids is 1. The Morgan fingerprint density at radius 3 is 2.33 bits per heavy atom. The Morgan fingerprint density at radius 2 is 1.73 bits per heavy atom. The van der Waals surface area contributed by atoms with Gasteiger partial charge in [0.15, 0.2) is 0 Å². The quantitative estimate of drug-likeness (QED) is 0.280. The van der Waals surface area contributed by atoms with Crippen molar-refractivity contribution in [3.63, 3.8) is 0 Å². The first-order valence-electron chi connectivity index (χ1n) is 10.8. The minimum absolute atomic E-state index is 0.131. The van der Waals surface area contributed by atoms with Crippen molar-refractivity contribution in [1.29, 1.82) is 0 Å². The van der Waals surface area contributed by atoms with E-state index in [1.54, 1.807) is 38.4 Å². The lowest BCUT2D eigenvalue weighted by Crippen LogP contribution is -2.34. The maximum atomic E-state index is 12.4. The number of aryl methyl sites for hydroxylation is 2. The predicted octanol–water partition coefficient (Wildman–Crippen LogP) is 3.20. The molecule has 3 aromatic rings. The van der Waals surface area contributed by atoms with Crippen LogP contribution < -0.4 is 10.9 Å². The molecule has 172 valence electrons. The number of aliphatic hydroxyl groups excluding tert-OH is 1. The molecule has 7 nitrogen and oxygen atoms in total. The summed E-state index contributed by atoms with van der Waals surface area (Å²) in [6.07, 6.45) is 2.05. The van der Waals surface area contributed by atoms with Crippen LogP contribution in [0.5, 0.6) is 0 Å². The van der Waals surface area contributed by atoms with Crippen molar-refractivity contribution in [2.45, 2.75) is 32.2 Å². The van der Waals surface area contributed by atoms with Crippen molar-refractivity contribution < 1.29 is 15.1 Å². The topological polar surface area (TPSA) is 104 Å². The molecular weight excluding hydrogens is 418 g/mol. The van der Waals surface area contributed by atoms with E-state index in [1.165, 1.54) is 10.6 Å². The van der Waals surface area contributed by atoms with E-state index < -0.39 is 0 Å². The monoisotopic (exact) mass is 447 g/mol. The van der Waals surface area contributed by atoms with Gasteiger partial charge in [0.2, 0.25) is 5.56 Å². The minimum Gasteiger partial charge on any atom is -0.411 e. The molecule has 1 amide bonds. The van der Waals surface area contributed by atoms with Crippen LogP contribution in [0.25, 0.3) is 0 Å². The molecule has 0 saturated heterocycles. The average Bonchev–Trinajstić information content (AvgIpc) is 2.82. The van der Waals surface area contributed by atoms with Gasteiger partial charge in [0, 0.05) is 48.8 Å². The summed E-state index contributed by atoms with van der Waals surface area (Å²) in [4.78, 5) is 24.2. The van der Waals surface area contributed by atoms with E-state index in [-0.39, 0.29) is 30.0 Å². The van der Waals surface area contributed by atoms with Crippen LogP contribution in [-0.4, -0.2) is 39.1 Å². The van der Waals surface area contributed by atoms with E-state index in [0.717, 1.165) is 16.7 Å². The Balaban J connectivity index is 1.97. The fourth-order valence-electron chi connectivity index (χ4n) is 3.78. The molecule has 0 aliphatic rings. The first-order chi connectivity index (χ1) is 15.8. The molecule has 3 N–H and O–H groups in total. The van der Waals surface area contributed by atoms with Crippen molar-refractivity contribution in [2.24, 2.45) is 12.2 Å². The number of nitrogens with zero attached hydrogens (tertiary/aromatic N) is 2. The van der Waals surface area contributed by atoms with Crippen LogP contribution in [0.2, 0.25) is 0 Å². The summed E-state index contributed by atoms with van der Waals surface area (Å²) in [6.45, 7) is 3.63. The number of aliphatic hydroxyl groups is 1. The average molecular weight is 448 g/mol. The van der Waals surface area contributed by atoms with Gasteiger partial charge in [0.05, 0.1) is 12.3 Å². The van der Waals surface area contributed by atoms with Gasteiger partial charge in [-0.05, 0) is 48.7 Å². The summed E-state index contributed by atoms with van der Waals surface area (Å²) in [6, 6.07) is 18.1. The lowest BCUT2D eigenvalue weighted by Gasteiger charge is -2.21. The molecule has 0 saturated carbocycles. The lowest BCUT2D eigenvalue weighted by atomic mass is 9.83. The summed E-state index contributed by atoms with van der Waals surface area (Å²) in [5, 5.41) is 25.3. The second-order valence-corrected chi connectivity index (χ2v) is 8.21. The largest absolute Gasteiger partial charge is 0.411 e. The minimum atomic E-state index is -0.331.